The molecule has 0 amide bonds. The predicted molar refractivity (Wildman–Crippen MR) is 103 cm³/mol. The van der Waals surface area contributed by atoms with E-state index >= 15 is 0 Å². The van der Waals surface area contributed by atoms with Gasteiger partial charge in [-0.2, -0.15) is 15.3 Å². The number of nitrogens with zero attached hydrogens (tertiary/aromatic N) is 5. The summed E-state index contributed by atoms with van der Waals surface area (Å²) in [6.07, 6.45) is 9.24. The number of carbonyl (C=O) groups is 1. The summed E-state index contributed by atoms with van der Waals surface area (Å²) in [7, 11) is 0. The van der Waals surface area contributed by atoms with Crippen LogP contribution in [0, 0.1) is 0 Å². The van der Waals surface area contributed by atoms with Crippen LogP contribution < -0.4 is 0 Å². The minimum absolute atomic E-state index is 0.215. The molecule has 0 atom stereocenters. The van der Waals surface area contributed by atoms with Crippen LogP contribution in [0.2, 0.25) is 0 Å². The molecule has 1 aliphatic carbocycles. The average Bonchev–Trinajstić information content (AvgIpc) is 3.18. The molecule has 5 rings (SSSR count). The number of benzene rings is 1. The zero-order valence-corrected chi connectivity index (χ0v) is 15.3. The molecule has 138 valence electrons. The fourth-order valence-corrected chi connectivity index (χ4v) is 3.83. The number of ketones is 1. The Hall–Kier alpha value is -2.60. The summed E-state index contributed by atoms with van der Waals surface area (Å²) < 4.78 is 2.06. The molecular formula is C21H23N5O. The summed E-state index contributed by atoms with van der Waals surface area (Å²) in [6, 6.07) is 8.75. The van der Waals surface area contributed by atoms with Crippen LogP contribution in [0.5, 0.6) is 0 Å². The first-order chi connectivity index (χ1) is 13.2. The summed E-state index contributed by atoms with van der Waals surface area (Å²) in [5.41, 5.74) is 3.84. The number of carbonyl (C=O) groups excluding carboxylic acids is 1. The molecular weight excluding hydrogens is 338 g/mol. The highest BCUT2D eigenvalue weighted by Gasteiger charge is 2.24. The van der Waals surface area contributed by atoms with Gasteiger partial charge in [0.2, 0.25) is 0 Å². The van der Waals surface area contributed by atoms with Crippen molar-refractivity contribution in [3.63, 3.8) is 0 Å². The molecule has 0 N–H and O–H groups in total. The van der Waals surface area contributed by atoms with Crippen molar-refractivity contribution in [2.45, 2.75) is 38.1 Å². The van der Waals surface area contributed by atoms with Crippen molar-refractivity contribution in [1.82, 2.24) is 24.9 Å². The van der Waals surface area contributed by atoms with Gasteiger partial charge in [-0.15, -0.1) is 0 Å². The van der Waals surface area contributed by atoms with Gasteiger partial charge in [0, 0.05) is 17.1 Å². The maximum Gasteiger partial charge on any atom is 0.152 e. The van der Waals surface area contributed by atoms with E-state index in [9.17, 15) is 4.79 Å². The van der Waals surface area contributed by atoms with E-state index in [1.807, 2.05) is 18.3 Å². The zero-order valence-electron chi connectivity index (χ0n) is 15.3. The predicted octanol–water partition coefficient (Wildman–Crippen LogP) is 3.04. The summed E-state index contributed by atoms with van der Waals surface area (Å²) in [5, 5.41) is 14.1. The first-order valence-corrected chi connectivity index (χ1v) is 9.79. The second-order valence-corrected chi connectivity index (χ2v) is 7.75. The Morgan fingerprint density at radius 2 is 1.93 bits per heavy atom. The lowest BCUT2D eigenvalue weighted by Gasteiger charge is -2.12. The summed E-state index contributed by atoms with van der Waals surface area (Å²) in [6.45, 7) is 2.60. The molecule has 1 aliphatic heterocycles. The van der Waals surface area contributed by atoms with Crippen LogP contribution in [-0.2, 0) is 11.2 Å². The maximum absolute atomic E-state index is 12.3. The third kappa shape index (κ3) is 3.62. The Kier molecular flexibility index (Phi) is 4.20. The molecule has 0 unspecified atom stereocenters. The van der Waals surface area contributed by atoms with Crippen LogP contribution in [0.4, 0.5) is 0 Å². The van der Waals surface area contributed by atoms with Crippen LogP contribution >= 0.6 is 0 Å². The molecule has 2 fully saturated rings. The lowest BCUT2D eigenvalue weighted by molar-refractivity contribution is -0.119. The number of fused-ring (bicyclic) bond motifs is 1. The minimum atomic E-state index is 0.215. The Bertz CT molecular complexity index is 985. The Morgan fingerprint density at radius 3 is 2.74 bits per heavy atom. The molecule has 1 saturated heterocycles. The molecule has 0 spiro atoms. The van der Waals surface area contributed by atoms with Crippen molar-refractivity contribution in [1.29, 1.82) is 0 Å². The van der Waals surface area contributed by atoms with Gasteiger partial charge in [0.05, 0.1) is 36.4 Å². The number of rotatable bonds is 6. The topological polar surface area (TPSA) is 63.9 Å². The quantitative estimate of drug-likeness (QED) is 0.675. The number of Topliss-reactive ketones (excluding diaryl/α,β-unsaturated/α-hetero) is 1. The zero-order chi connectivity index (χ0) is 18.2. The van der Waals surface area contributed by atoms with Crippen molar-refractivity contribution in [3.8, 4) is 11.1 Å². The monoisotopic (exact) mass is 361 g/mol. The average molecular weight is 361 g/mol. The lowest BCUT2D eigenvalue weighted by Crippen LogP contribution is -2.28. The second kappa shape index (κ2) is 6.85. The van der Waals surface area contributed by atoms with Crippen molar-refractivity contribution in [3.05, 3.63) is 42.4 Å². The van der Waals surface area contributed by atoms with E-state index in [1.54, 1.807) is 0 Å². The van der Waals surface area contributed by atoms with Gasteiger partial charge < -0.3 is 0 Å². The van der Waals surface area contributed by atoms with Gasteiger partial charge in [0.15, 0.2) is 5.78 Å². The van der Waals surface area contributed by atoms with E-state index in [2.05, 4.69) is 43.2 Å². The summed E-state index contributed by atoms with van der Waals surface area (Å²) in [5.74, 6) is 0.215. The summed E-state index contributed by atoms with van der Waals surface area (Å²) >= 11 is 0. The standard InChI is InChI=1S/C21H23N5O/c27-20(14-25-7-1-2-8-25)11-18-10-16-9-15(3-6-21(16)24-23-18)17-12-22-26(13-17)19-4-5-19/h3,6,9-10,12-13,19H,1-2,4-5,7-8,11,14H2. The molecule has 1 saturated carbocycles. The molecule has 6 nitrogen and oxygen atoms in total. The van der Waals surface area contributed by atoms with Crippen LogP contribution in [0.25, 0.3) is 22.0 Å². The van der Waals surface area contributed by atoms with Crippen LogP contribution in [-0.4, -0.2) is 50.3 Å². The molecule has 1 aromatic carbocycles. The van der Waals surface area contributed by atoms with E-state index in [-0.39, 0.29) is 5.78 Å². The highest BCUT2D eigenvalue weighted by Crippen LogP contribution is 2.35. The highest BCUT2D eigenvalue weighted by atomic mass is 16.1. The van der Waals surface area contributed by atoms with Crippen LogP contribution in [0.3, 0.4) is 0 Å². The molecule has 3 aromatic rings. The molecule has 0 radical (unpaired) electrons. The normalized spacial score (nSPS) is 17.6. The summed E-state index contributed by atoms with van der Waals surface area (Å²) in [4.78, 5) is 14.6. The lowest BCUT2D eigenvalue weighted by atomic mass is 10.1. The second-order valence-electron chi connectivity index (χ2n) is 7.75. The third-order valence-corrected chi connectivity index (χ3v) is 5.47. The highest BCUT2D eigenvalue weighted by molar-refractivity contribution is 5.86. The Labute approximate surface area is 158 Å². The third-order valence-electron chi connectivity index (χ3n) is 5.47. The van der Waals surface area contributed by atoms with Crippen LogP contribution in [0.1, 0.15) is 37.4 Å². The van der Waals surface area contributed by atoms with E-state index in [0.29, 0.717) is 19.0 Å². The van der Waals surface area contributed by atoms with Crippen molar-refractivity contribution < 1.29 is 4.79 Å². The SMILES string of the molecule is O=C(Cc1cc2cc(-c3cnn(C4CC4)c3)ccc2nn1)CN1CCCC1. The van der Waals surface area contributed by atoms with E-state index in [4.69, 9.17) is 0 Å². The smallest absolute Gasteiger partial charge is 0.152 e. The van der Waals surface area contributed by atoms with Gasteiger partial charge in [0.25, 0.3) is 0 Å². The van der Waals surface area contributed by atoms with Gasteiger partial charge in [-0.3, -0.25) is 14.4 Å². The molecule has 2 aliphatic rings. The fraction of sp³-hybridized carbons (Fsp3) is 0.429. The molecule has 6 heteroatoms. The van der Waals surface area contributed by atoms with Crippen molar-refractivity contribution in [2.24, 2.45) is 0 Å². The fourth-order valence-electron chi connectivity index (χ4n) is 3.83. The van der Waals surface area contributed by atoms with E-state index in [1.165, 1.54) is 25.7 Å². The van der Waals surface area contributed by atoms with Gasteiger partial charge in [-0.25, -0.2) is 0 Å². The van der Waals surface area contributed by atoms with Gasteiger partial charge in [-0.05, 0) is 62.5 Å². The van der Waals surface area contributed by atoms with Gasteiger partial charge >= 0.3 is 0 Å². The van der Waals surface area contributed by atoms with E-state index < -0.39 is 0 Å². The number of aromatic nitrogens is 4. The molecule has 27 heavy (non-hydrogen) atoms. The number of hydrogen-bond acceptors (Lipinski definition) is 5. The van der Waals surface area contributed by atoms with E-state index in [0.717, 1.165) is 40.8 Å². The van der Waals surface area contributed by atoms with Gasteiger partial charge in [0.1, 0.15) is 0 Å². The minimum Gasteiger partial charge on any atom is -0.298 e. The molecule has 0 bridgehead atoms. The largest absolute Gasteiger partial charge is 0.298 e. The number of hydrogen-bond donors (Lipinski definition) is 0. The van der Waals surface area contributed by atoms with Crippen LogP contribution in [0.15, 0.2) is 36.7 Å². The first kappa shape index (κ1) is 16.6. The number of likely N-dealkylation sites (tertiary alicyclic amines) is 1. The molecule has 3 heterocycles. The Balaban J connectivity index is 1.35. The first-order valence-electron chi connectivity index (χ1n) is 9.79. The Morgan fingerprint density at radius 1 is 1.07 bits per heavy atom. The van der Waals surface area contributed by atoms with Gasteiger partial charge in [-0.1, -0.05) is 6.07 Å². The van der Waals surface area contributed by atoms with Crippen molar-refractivity contribution in [2.75, 3.05) is 19.6 Å². The molecule has 2 aromatic heterocycles. The maximum atomic E-state index is 12.3. The van der Waals surface area contributed by atoms with Crippen molar-refractivity contribution >= 4 is 16.7 Å².